The Bertz CT molecular complexity index is 452. The lowest BCUT2D eigenvalue weighted by molar-refractivity contribution is 0.558. The Morgan fingerprint density at radius 2 is 2.23 bits per heavy atom. The first kappa shape index (κ1) is 8.53. The lowest BCUT2D eigenvalue weighted by atomic mass is 10.2. The van der Waals surface area contributed by atoms with E-state index in [1.54, 1.807) is 6.07 Å². The number of hydrogen-bond acceptors (Lipinski definition) is 2. The monoisotopic (exact) mass is 199 g/mol. The summed E-state index contributed by atoms with van der Waals surface area (Å²) in [7, 11) is 0. The predicted octanol–water partition coefficient (Wildman–Crippen LogP) is 2.68. The van der Waals surface area contributed by atoms with Crippen LogP contribution in [0.25, 0.3) is 11.0 Å². The van der Waals surface area contributed by atoms with E-state index in [1.807, 2.05) is 0 Å². The average Bonchev–Trinajstić information content (AvgIpc) is 2.55. The van der Waals surface area contributed by atoms with E-state index in [9.17, 15) is 4.39 Å². The summed E-state index contributed by atoms with van der Waals surface area (Å²) in [6.07, 6.45) is 1.45. The van der Waals surface area contributed by atoms with Crippen molar-refractivity contribution in [3.63, 3.8) is 0 Å². The smallest absolute Gasteiger partial charge is 0.184 e. The molecule has 1 aromatic carbocycles. The number of fused-ring (bicyclic) bond motifs is 1. The van der Waals surface area contributed by atoms with Gasteiger partial charge < -0.3 is 10.2 Å². The lowest BCUT2D eigenvalue weighted by Crippen LogP contribution is -1.94. The molecule has 0 saturated heterocycles. The van der Waals surface area contributed by atoms with Crippen LogP contribution in [0.15, 0.2) is 22.8 Å². The second kappa shape index (κ2) is 3.01. The van der Waals surface area contributed by atoms with Crippen LogP contribution in [0.4, 0.5) is 4.39 Å². The summed E-state index contributed by atoms with van der Waals surface area (Å²) in [6, 6.07) is 3.19. The maximum atomic E-state index is 13.3. The zero-order valence-corrected chi connectivity index (χ0v) is 7.44. The van der Waals surface area contributed by atoms with Crippen LogP contribution < -0.4 is 5.73 Å². The van der Waals surface area contributed by atoms with E-state index < -0.39 is 5.82 Å². The number of hydrogen-bond donors (Lipinski definition) is 1. The molecule has 0 bridgehead atoms. The van der Waals surface area contributed by atoms with Crippen molar-refractivity contribution in [1.82, 2.24) is 0 Å². The Morgan fingerprint density at radius 3 is 2.92 bits per heavy atom. The summed E-state index contributed by atoms with van der Waals surface area (Å²) in [5, 5.41) is 0.745. The van der Waals surface area contributed by atoms with E-state index in [0.29, 0.717) is 11.9 Å². The van der Waals surface area contributed by atoms with Crippen molar-refractivity contribution >= 4 is 22.6 Å². The van der Waals surface area contributed by atoms with Gasteiger partial charge in [-0.1, -0.05) is 11.6 Å². The Balaban J connectivity index is 2.81. The Labute approximate surface area is 79.1 Å². The highest BCUT2D eigenvalue weighted by Gasteiger charge is 2.11. The highest BCUT2D eigenvalue weighted by molar-refractivity contribution is 6.31. The number of rotatable bonds is 1. The zero-order valence-electron chi connectivity index (χ0n) is 6.68. The molecule has 0 aliphatic rings. The third-order valence-corrected chi connectivity index (χ3v) is 2.23. The molecule has 2 N–H and O–H groups in total. The molecule has 0 fully saturated rings. The van der Waals surface area contributed by atoms with Crippen LogP contribution in [0.3, 0.4) is 0 Å². The normalized spacial score (nSPS) is 11.0. The van der Waals surface area contributed by atoms with E-state index in [-0.39, 0.29) is 10.6 Å². The highest BCUT2D eigenvalue weighted by Crippen LogP contribution is 2.27. The minimum Gasteiger partial charge on any atom is -0.461 e. The van der Waals surface area contributed by atoms with Gasteiger partial charge in [0.2, 0.25) is 0 Å². The molecule has 0 aliphatic heterocycles. The van der Waals surface area contributed by atoms with Crippen molar-refractivity contribution in [2.45, 2.75) is 6.54 Å². The molecule has 2 nitrogen and oxygen atoms in total. The molecule has 1 aromatic heterocycles. The van der Waals surface area contributed by atoms with Crippen LogP contribution in [-0.4, -0.2) is 0 Å². The maximum Gasteiger partial charge on any atom is 0.184 e. The molecule has 13 heavy (non-hydrogen) atoms. The van der Waals surface area contributed by atoms with Crippen molar-refractivity contribution in [2.24, 2.45) is 5.73 Å². The molecule has 0 radical (unpaired) electrons. The number of furan rings is 1. The molecule has 0 unspecified atom stereocenters. The average molecular weight is 200 g/mol. The third-order valence-electron chi connectivity index (χ3n) is 1.93. The van der Waals surface area contributed by atoms with Gasteiger partial charge in [-0.05, 0) is 12.1 Å². The lowest BCUT2D eigenvalue weighted by Gasteiger charge is -1.95. The van der Waals surface area contributed by atoms with Gasteiger partial charge >= 0.3 is 0 Å². The van der Waals surface area contributed by atoms with E-state index in [1.165, 1.54) is 12.3 Å². The van der Waals surface area contributed by atoms with E-state index in [0.717, 1.165) is 5.56 Å². The standard InChI is InChI=1S/C9H7ClFNO/c10-7-2-1-6-5(3-12)4-13-9(6)8(7)11/h1-2,4H,3,12H2. The third kappa shape index (κ3) is 1.20. The zero-order chi connectivity index (χ0) is 9.42. The first-order chi connectivity index (χ1) is 6.24. The van der Waals surface area contributed by atoms with Crippen LogP contribution in [0.2, 0.25) is 5.02 Å². The van der Waals surface area contributed by atoms with Gasteiger partial charge in [-0.15, -0.1) is 0 Å². The molecule has 2 aromatic rings. The van der Waals surface area contributed by atoms with E-state index in [2.05, 4.69) is 0 Å². The van der Waals surface area contributed by atoms with Crippen molar-refractivity contribution in [3.8, 4) is 0 Å². The fourth-order valence-corrected chi connectivity index (χ4v) is 1.40. The minimum absolute atomic E-state index is 0.0606. The fraction of sp³-hybridized carbons (Fsp3) is 0.111. The van der Waals surface area contributed by atoms with E-state index >= 15 is 0 Å². The van der Waals surface area contributed by atoms with Crippen LogP contribution in [-0.2, 0) is 6.54 Å². The van der Waals surface area contributed by atoms with Gasteiger partial charge in [-0.2, -0.15) is 0 Å². The molecule has 2 rings (SSSR count). The number of benzene rings is 1. The quantitative estimate of drug-likeness (QED) is 0.767. The van der Waals surface area contributed by atoms with Crippen LogP contribution in [0, 0.1) is 5.82 Å². The van der Waals surface area contributed by atoms with Crippen molar-refractivity contribution in [1.29, 1.82) is 0 Å². The van der Waals surface area contributed by atoms with Gasteiger partial charge in [0.05, 0.1) is 11.3 Å². The molecule has 0 saturated carbocycles. The Morgan fingerprint density at radius 1 is 1.46 bits per heavy atom. The summed E-state index contributed by atoms with van der Waals surface area (Å²) in [4.78, 5) is 0. The Kier molecular flexibility index (Phi) is 1.98. The van der Waals surface area contributed by atoms with Crippen molar-refractivity contribution in [2.75, 3.05) is 0 Å². The molecule has 0 amide bonds. The molecule has 68 valence electrons. The maximum absolute atomic E-state index is 13.3. The van der Waals surface area contributed by atoms with Crippen LogP contribution in [0.5, 0.6) is 0 Å². The highest BCUT2D eigenvalue weighted by atomic mass is 35.5. The van der Waals surface area contributed by atoms with Crippen molar-refractivity contribution < 1.29 is 8.81 Å². The topological polar surface area (TPSA) is 39.2 Å². The molecular formula is C9H7ClFNO. The summed E-state index contributed by atoms with van der Waals surface area (Å²) in [6.45, 7) is 0.327. The molecule has 0 atom stereocenters. The molecule has 0 spiro atoms. The SMILES string of the molecule is NCc1coc2c(F)c(Cl)ccc12. The fourth-order valence-electron chi connectivity index (χ4n) is 1.25. The van der Waals surface area contributed by atoms with Gasteiger partial charge in [0.15, 0.2) is 11.4 Å². The van der Waals surface area contributed by atoms with Gasteiger partial charge in [0, 0.05) is 17.5 Å². The van der Waals surface area contributed by atoms with Crippen LogP contribution in [0.1, 0.15) is 5.56 Å². The summed E-state index contributed by atoms with van der Waals surface area (Å²) >= 11 is 5.57. The second-order valence-corrected chi connectivity index (χ2v) is 3.11. The van der Waals surface area contributed by atoms with Crippen LogP contribution >= 0.6 is 11.6 Å². The second-order valence-electron chi connectivity index (χ2n) is 2.70. The Hall–Kier alpha value is -1.06. The van der Waals surface area contributed by atoms with Gasteiger partial charge in [0.1, 0.15) is 0 Å². The first-order valence-corrected chi connectivity index (χ1v) is 4.16. The summed E-state index contributed by atoms with van der Waals surface area (Å²) < 4.78 is 18.3. The largest absolute Gasteiger partial charge is 0.461 e. The molecular weight excluding hydrogens is 193 g/mol. The molecule has 1 heterocycles. The van der Waals surface area contributed by atoms with E-state index in [4.69, 9.17) is 21.8 Å². The van der Waals surface area contributed by atoms with Gasteiger partial charge in [-0.3, -0.25) is 0 Å². The minimum atomic E-state index is -0.529. The predicted molar refractivity (Wildman–Crippen MR) is 49.1 cm³/mol. The number of halogens is 2. The summed E-state index contributed by atoms with van der Waals surface area (Å²) in [5.74, 6) is -0.529. The molecule has 0 aliphatic carbocycles. The number of nitrogens with two attached hydrogens (primary N) is 1. The van der Waals surface area contributed by atoms with Gasteiger partial charge in [0.25, 0.3) is 0 Å². The first-order valence-electron chi connectivity index (χ1n) is 3.78. The summed E-state index contributed by atoms with van der Waals surface area (Å²) in [5.41, 5.74) is 6.39. The van der Waals surface area contributed by atoms with Gasteiger partial charge in [-0.25, -0.2) is 4.39 Å². The molecule has 4 heteroatoms. The van der Waals surface area contributed by atoms with Crippen molar-refractivity contribution in [3.05, 3.63) is 34.8 Å².